The fourth-order valence-corrected chi connectivity index (χ4v) is 1.95. The zero-order chi connectivity index (χ0) is 13.1. The lowest BCUT2D eigenvalue weighted by atomic mass is 10.1. The van der Waals surface area contributed by atoms with Crippen LogP contribution >= 0.6 is 0 Å². The van der Waals surface area contributed by atoms with Crippen LogP contribution in [0, 0.1) is 5.82 Å². The van der Waals surface area contributed by atoms with E-state index in [-0.39, 0.29) is 5.82 Å². The lowest BCUT2D eigenvalue weighted by Gasteiger charge is -2.12. The van der Waals surface area contributed by atoms with Gasteiger partial charge in [0.1, 0.15) is 11.9 Å². The van der Waals surface area contributed by atoms with E-state index < -0.39 is 6.10 Å². The summed E-state index contributed by atoms with van der Waals surface area (Å²) in [4.78, 5) is 0. The summed E-state index contributed by atoms with van der Waals surface area (Å²) in [6.45, 7) is 4.71. The Morgan fingerprint density at radius 3 is 2.50 bits per heavy atom. The van der Waals surface area contributed by atoms with E-state index in [1.807, 2.05) is 19.9 Å². The molecule has 0 amide bonds. The molecule has 0 aliphatic heterocycles. The van der Waals surface area contributed by atoms with E-state index in [2.05, 4.69) is 5.10 Å². The largest absolute Gasteiger partial charge is 0.382 e. The summed E-state index contributed by atoms with van der Waals surface area (Å²) in [5, 5.41) is 14.7. The summed E-state index contributed by atoms with van der Waals surface area (Å²) >= 11 is 0. The van der Waals surface area contributed by atoms with Crippen LogP contribution in [0.15, 0.2) is 30.3 Å². The van der Waals surface area contributed by atoms with Gasteiger partial charge in [0.15, 0.2) is 0 Å². The van der Waals surface area contributed by atoms with E-state index >= 15 is 0 Å². The lowest BCUT2D eigenvalue weighted by Crippen LogP contribution is -2.09. The minimum absolute atomic E-state index is 0.302. The van der Waals surface area contributed by atoms with Gasteiger partial charge >= 0.3 is 0 Å². The highest BCUT2D eigenvalue weighted by Gasteiger charge is 2.16. The van der Waals surface area contributed by atoms with Gasteiger partial charge in [-0.15, -0.1) is 0 Å². The van der Waals surface area contributed by atoms with Crippen molar-refractivity contribution < 1.29 is 9.50 Å². The molecule has 0 saturated heterocycles. The number of nitrogens with zero attached hydrogens (tertiary/aromatic N) is 2. The first kappa shape index (κ1) is 12.8. The number of aryl methyl sites for hydroxylation is 2. The van der Waals surface area contributed by atoms with Crippen LogP contribution < -0.4 is 0 Å². The molecule has 3 nitrogen and oxygen atoms in total. The van der Waals surface area contributed by atoms with Gasteiger partial charge in [0.2, 0.25) is 0 Å². The van der Waals surface area contributed by atoms with E-state index in [4.69, 9.17) is 0 Å². The van der Waals surface area contributed by atoms with Crippen molar-refractivity contribution in [2.75, 3.05) is 0 Å². The van der Waals surface area contributed by atoms with E-state index in [0.29, 0.717) is 12.1 Å². The van der Waals surface area contributed by atoms with E-state index in [1.54, 1.807) is 16.8 Å². The van der Waals surface area contributed by atoms with Crippen molar-refractivity contribution in [3.05, 3.63) is 53.1 Å². The molecule has 0 saturated carbocycles. The second-order valence-corrected chi connectivity index (χ2v) is 4.18. The maximum absolute atomic E-state index is 12.9. The number of benzene rings is 1. The molecule has 0 fully saturated rings. The van der Waals surface area contributed by atoms with Gasteiger partial charge < -0.3 is 5.11 Å². The molecular formula is C14H17FN2O. The van der Waals surface area contributed by atoms with Crippen molar-refractivity contribution in [2.45, 2.75) is 32.9 Å². The van der Waals surface area contributed by atoms with Crippen molar-refractivity contribution in [1.82, 2.24) is 9.78 Å². The normalized spacial score (nSPS) is 12.7. The number of rotatable bonds is 4. The first-order valence-electron chi connectivity index (χ1n) is 6.15. The first-order valence-corrected chi connectivity index (χ1v) is 6.15. The number of aromatic nitrogens is 2. The van der Waals surface area contributed by atoms with Crippen LogP contribution in [-0.4, -0.2) is 14.9 Å². The maximum atomic E-state index is 12.9. The lowest BCUT2D eigenvalue weighted by molar-refractivity contribution is 0.208. The summed E-state index contributed by atoms with van der Waals surface area (Å²) < 4.78 is 14.6. The second kappa shape index (κ2) is 5.31. The monoisotopic (exact) mass is 248 g/mol. The maximum Gasteiger partial charge on any atom is 0.123 e. The molecule has 2 rings (SSSR count). The predicted molar refractivity (Wildman–Crippen MR) is 67.7 cm³/mol. The molecule has 0 aliphatic rings. The standard InChI is InChI=1S/C14H17FN2O/c1-3-12-9-13(17(4-2)16-12)14(18)10-5-7-11(15)8-6-10/h5-9,14,18H,3-4H2,1-2H3. The van der Waals surface area contributed by atoms with Crippen LogP contribution in [0.3, 0.4) is 0 Å². The first-order chi connectivity index (χ1) is 8.65. The Balaban J connectivity index is 2.35. The minimum atomic E-state index is -0.765. The molecule has 96 valence electrons. The Morgan fingerprint density at radius 2 is 1.94 bits per heavy atom. The molecule has 18 heavy (non-hydrogen) atoms. The van der Waals surface area contributed by atoms with Gasteiger partial charge in [-0.05, 0) is 37.1 Å². The molecule has 0 aliphatic carbocycles. The highest BCUT2D eigenvalue weighted by atomic mass is 19.1. The molecule has 1 aromatic heterocycles. The van der Waals surface area contributed by atoms with Gasteiger partial charge in [-0.3, -0.25) is 4.68 Å². The van der Waals surface area contributed by atoms with Gasteiger partial charge in [0.05, 0.1) is 11.4 Å². The van der Waals surface area contributed by atoms with Crippen molar-refractivity contribution in [2.24, 2.45) is 0 Å². The second-order valence-electron chi connectivity index (χ2n) is 4.18. The minimum Gasteiger partial charge on any atom is -0.382 e. The van der Waals surface area contributed by atoms with Crippen molar-refractivity contribution >= 4 is 0 Å². The van der Waals surface area contributed by atoms with Crippen LogP contribution in [-0.2, 0) is 13.0 Å². The molecule has 0 radical (unpaired) electrons. The number of hydrogen-bond acceptors (Lipinski definition) is 2. The summed E-state index contributed by atoms with van der Waals surface area (Å²) in [6.07, 6.45) is 0.0641. The zero-order valence-corrected chi connectivity index (χ0v) is 10.6. The third-order valence-electron chi connectivity index (χ3n) is 2.99. The Labute approximate surface area is 106 Å². The molecule has 0 spiro atoms. The summed E-state index contributed by atoms with van der Waals surface area (Å²) in [7, 11) is 0. The Morgan fingerprint density at radius 1 is 1.28 bits per heavy atom. The van der Waals surface area contributed by atoms with Gasteiger partial charge in [-0.1, -0.05) is 19.1 Å². The average Bonchev–Trinajstić information content (AvgIpc) is 2.82. The van der Waals surface area contributed by atoms with Crippen LogP contribution in [0.25, 0.3) is 0 Å². The number of aliphatic hydroxyl groups excluding tert-OH is 1. The molecule has 1 unspecified atom stereocenters. The van der Waals surface area contributed by atoms with Gasteiger partial charge in [0, 0.05) is 6.54 Å². The van der Waals surface area contributed by atoms with E-state index in [0.717, 1.165) is 17.8 Å². The highest BCUT2D eigenvalue weighted by molar-refractivity contribution is 5.27. The molecule has 0 bridgehead atoms. The smallest absolute Gasteiger partial charge is 0.123 e. The highest BCUT2D eigenvalue weighted by Crippen LogP contribution is 2.23. The molecule has 4 heteroatoms. The van der Waals surface area contributed by atoms with Crippen molar-refractivity contribution in [1.29, 1.82) is 0 Å². The SMILES string of the molecule is CCc1cc(C(O)c2ccc(F)cc2)n(CC)n1. The fraction of sp³-hybridized carbons (Fsp3) is 0.357. The van der Waals surface area contributed by atoms with Crippen LogP contribution in [0.4, 0.5) is 4.39 Å². The molecule has 1 N–H and O–H groups in total. The third-order valence-corrected chi connectivity index (χ3v) is 2.99. The quantitative estimate of drug-likeness (QED) is 0.903. The van der Waals surface area contributed by atoms with Gasteiger partial charge in [-0.2, -0.15) is 5.10 Å². The van der Waals surface area contributed by atoms with E-state index in [1.165, 1.54) is 12.1 Å². The molecule has 1 heterocycles. The Hall–Kier alpha value is -1.68. The fourth-order valence-electron chi connectivity index (χ4n) is 1.95. The number of aliphatic hydroxyl groups is 1. The van der Waals surface area contributed by atoms with Crippen molar-refractivity contribution in [3.63, 3.8) is 0 Å². The molecule has 1 atom stereocenters. The summed E-state index contributed by atoms with van der Waals surface area (Å²) in [5.74, 6) is -0.302. The van der Waals surface area contributed by atoms with Crippen LogP contribution in [0.5, 0.6) is 0 Å². The Bertz CT molecular complexity index is 519. The van der Waals surface area contributed by atoms with Crippen molar-refractivity contribution in [3.8, 4) is 0 Å². The summed E-state index contributed by atoms with van der Waals surface area (Å²) in [6, 6.07) is 7.80. The van der Waals surface area contributed by atoms with Crippen LogP contribution in [0.2, 0.25) is 0 Å². The third kappa shape index (κ3) is 2.43. The average molecular weight is 248 g/mol. The van der Waals surface area contributed by atoms with Crippen LogP contribution in [0.1, 0.15) is 36.9 Å². The zero-order valence-electron chi connectivity index (χ0n) is 10.6. The molecular weight excluding hydrogens is 231 g/mol. The summed E-state index contributed by atoms with van der Waals surface area (Å²) in [5.41, 5.74) is 2.38. The predicted octanol–water partition coefficient (Wildman–Crippen LogP) is 2.69. The van der Waals surface area contributed by atoms with Gasteiger partial charge in [0.25, 0.3) is 0 Å². The number of hydrogen-bond donors (Lipinski definition) is 1. The number of halogens is 1. The topological polar surface area (TPSA) is 38.0 Å². The molecule has 1 aromatic carbocycles. The van der Waals surface area contributed by atoms with E-state index in [9.17, 15) is 9.50 Å². The molecule has 2 aromatic rings. The Kier molecular flexibility index (Phi) is 3.77. The van der Waals surface area contributed by atoms with Gasteiger partial charge in [-0.25, -0.2) is 4.39 Å².